The highest BCUT2D eigenvalue weighted by molar-refractivity contribution is 5.42. The van der Waals surface area contributed by atoms with Gasteiger partial charge in [0, 0.05) is 50.4 Å². The van der Waals surface area contributed by atoms with E-state index in [-0.39, 0.29) is 5.56 Å². The van der Waals surface area contributed by atoms with E-state index in [4.69, 9.17) is 0 Å². The van der Waals surface area contributed by atoms with Gasteiger partial charge in [-0.05, 0) is 43.7 Å². The summed E-state index contributed by atoms with van der Waals surface area (Å²) in [6.45, 7) is 3.46. The van der Waals surface area contributed by atoms with Crippen molar-refractivity contribution in [1.29, 1.82) is 0 Å². The summed E-state index contributed by atoms with van der Waals surface area (Å²) in [6.07, 6.45) is 8.49. The van der Waals surface area contributed by atoms with Gasteiger partial charge in [-0.25, -0.2) is 4.98 Å². The molecule has 1 aliphatic heterocycles. The van der Waals surface area contributed by atoms with Crippen molar-refractivity contribution in [2.45, 2.75) is 38.1 Å². The zero-order valence-corrected chi connectivity index (χ0v) is 14.8. The summed E-state index contributed by atoms with van der Waals surface area (Å²) in [4.78, 5) is 18.9. The molecule has 0 aromatic carbocycles. The van der Waals surface area contributed by atoms with Gasteiger partial charge in [-0.1, -0.05) is 0 Å². The standard InChI is InChI=1S/C19H24N6O/c26-19-18(20-7-8-24(19)10-13-1-2-13)21-9-14-11-25(12-14)17-6-5-16(22-23-17)15-3-4-15/h5-8,13-15H,1-4,9-12H2,(H,20,21). The molecule has 3 heterocycles. The van der Waals surface area contributed by atoms with Crippen LogP contribution in [0.25, 0.3) is 0 Å². The predicted octanol–water partition coefficient (Wildman–Crippen LogP) is 1.87. The van der Waals surface area contributed by atoms with Crippen molar-refractivity contribution in [1.82, 2.24) is 19.7 Å². The lowest BCUT2D eigenvalue weighted by Gasteiger charge is -2.40. The maximum absolute atomic E-state index is 12.4. The average molecular weight is 352 g/mol. The molecule has 0 radical (unpaired) electrons. The molecule has 3 aliphatic rings. The SMILES string of the molecule is O=c1c(NCC2CN(c3ccc(C4CC4)nn3)C2)nccn1CC1CC1. The van der Waals surface area contributed by atoms with Crippen molar-refractivity contribution in [3.05, 3.63) is 40.6 Å². The molecule has 0 atom stereocenters. The Morgan fingerprint density at radius 1 is 1.08 bits per heavy atom. The molecule has 0 unspecified atom stereocenters. The molecule has 136 valence electrons. The minimum absolute atomic E-state index is 0.00267. The Hall–Kier alpha value is -2.44. The smallest absolute Gasteiger partial charge is 0.293 e. The van der Waals surface area contributed by atoms with Gasteiger partial charge in [-0.2, -0.15) is 5.10 Å². The van der Waals surface area contributed by atoms with Crippen LogP contribution in [0, 0.1) is 11.8 Å². The van der Waals surface area contributed by atoms with Gasteiger partial charge in [0.25, 0.3) is 5.56 Å². The zero-order valence-electron chi connectivity index (χ0n) is 14.8. The fourth-order valence-corrected chi connectivity index (χ4v) is 3.52. The van der Waals surface area contributed by atoms with Crippen molar-refractivity contribution >= 4 is 11.6 Å². The van der Waals surface area contributed by atoms with Gasteiger partial charge >= 0.3 is 0 Å². The van der Waals surface area contributed by atoms with Gasteiger partial charge < -0.3 is 14.8 Å². The minimum atomic E-state index is -0.00267. The predicted molar refractivity (Wildman–Crippen MR) is 99.4 cm³/mol. The third-order valence-electron chi connectivity index (χ3n) is 5.57. The monoisotopic (exact) mass is 352 g/mol. The summed E-state index contributed by atoms with van der Waals surface area (Å²) in [6, 6.07) is 4.20. The third kappa shape index (κ3) is 3.30. The van der Waals surface area contributed by atoms with Crippen LogP contribution < -0.4 is 15.8 Å². The molecular formula is C19H24N6O. The summed E-state index contributed by atoms with van der Waals surface area (Å²) in [5.41, 5.74) is 1.13. The molecule has 0 spiro atoms. The van der Waals surface area contributed by atoms with Gasteiger partial charge in [-0.3, -0.25) is 4.79 Å². The fraction of sp³-hybridized carbons (Fsp3) is 0.579. The van der Waals surface area contributed by atoms with Crippen molar-refractivity contribution in [3.63, 3.8) is 0 Å². The normalized spacial score (nSPS) is 20.1. The molecule has 26 heavy (non-hydrogen) atoms. The molecule has 3 fully saturated rings. The number of nitrogens with zero attached hydrogens (tertiary/aromatic N) is 5. The summed E-state index contributed by atoms with van der Waals surface area (Å²) >= 11 is 0. The van der Waals surface area contributed by atoms with Crippen LogP contribution in [0.4, 0.5) is 11.6 Å². The van der Waals surface area contributed by atoms with Crippen LogP contribution >= 0.6 is 0 Å². The molecule has 5 rings (SSSR count). The first-order valence-corrected chi connectivity index (χ1v) is 9.64. The maximum atomic E-state index is 12.4. The van der Waals surface area contributed by atoms with Gasteiger partial charge in [0.2, 0.25) is 0 Å². The quantitative estimate of drug-likeness (QED) is 0.820. The number of nitrogens with one attached hydrogen (secondary N) is 1. The summed E-state index contributed by atoms with van der Waals surface area (Å²) < 4.78 is 1.79. The van der Waals surface area contributed by atoms with Gasteiger partial charge in [-0.15, -0.1) is 5.10 Å². The van der Waals surface area contributed by atoms with Crippen LogP contribution in [0.1, 0.15) is 37.3 Å². The van der Waals surface area contributed by atoms with Crippen LogP contribution in [0.5, 0.6) is 0 Å². The number of aromatic nitrogens is 4. The molecule has 7 heteroatoms. The van der Waals surface area contributed by atoms with Crippen LogP contribution in [-0.2, 0) is 6.54 Å². The minimum Gasteiger partial charge on any atom is -0.365 e. The number of rotatable bonds is 7. The highest BCUT2D eigenvalue weighted by Crippen LogP contribution is 2.39. The van der Waals surface area contributed by atoms with Crippen molar-refractivity contribution < 1.29 is 0 Å². The number of anilines is 2. The summed E-state index contributed by atoms with van der Waals surface area (Å²) in [7, 11) is 0. The average Bonchev–Trinajstić information content (AvgIpc) is 3.51. The van der Waals surface area contributed by atoms with Crippen molar-refractivity contribution in [2.24, 2.45) is 11.8 Å². The Bertz CT molecular complexity index is 834. The Morgan fingerprint density at radius 2 is 1.92 bits per heavy atom. The van der Waals surface area contributed by atoms with Gasteiger partial charge in [0.1, 0.15) is 0 Å². The number of hydrogen-bond donors (Lipinski definition) is 1. The lowest BCUT2D eigenvalue weighted by molar-refractivity contribution is 0.424. The van der Waals surface area contributed by atoms with E-state index in [9.17, 15) is 4.79 Å². The van der Waals surface area contributed by atoms with E-state index in [1.807, 2.05) is 0 Å². The van der Waals surface area contributed by atoms with Gasteiger partial charge in [0.05, 0.1) is 5.69 Å². The van der Waals surface area contributed by atoms with Gasteiger partial charge in [0.15, 0.2) is 11.6 Å². The molecule has 2 aromatic heterocycles. The highest BCUT2D eigenvalue weighted by atomic mass is 16.1. The zero-order chi connectivity index (χ0) is 17.5. The van der Waals surface area contributed by atoms with E-state index in [1.54, 1.807) is 17.0 Å². The Balaban J connectivity index is 1.13. The van der Waals surface area contributed by atoms with E-state index in [1.165, 1.54) is 25.7 Å². The largest absolute Gasteiger partial charge is 0.365 e. The van der Waals surface area contributed by atoms with E-state index in [0.29, 0.717) is 23.6 Å². The Labute approximate surface area is 152 Å². The number of hydrogen-bond acceptors (Lipinski definition) is 6. The topological polar surface area (TPSA) is 75.9 Å². The van der Waals surface area contributed by atoms with E-state index in [0.717, 1.165) is 37.7 Å². The molecule has 0 bridgehead atoms. The lowest BCUT2D eigenvalue weighted by Crippen LogP contribution is -2.50. The van der Waals surface area contributed by atoms with E-state index in [2.05, 4.69) is 37.5 Å². The van der Waals surface area contributed by atoms with Crippen LogP contribution in [-0.4, -0.2) is 39.4 Å². The first kappa shape index (κ1) is 15.8. The molecule has 2 aromatic rings. The molecule has 0 amide bonds. The fourth-order valence-electron chi connectivity index (χ4n) is 3.52. The second kappa shape index (κ2) is 6.37. The van der Waals surface area contributed by atoms with E-state index >= 15 is 0 Å². The maximum Gasteiger partial charge on any atom is 0.293 e. The molecular weight excluding hydrogens is 328 g/mol. The first-order chi connectivity index (χ1) is 12.8. The van der Waals surface area contributed by atoms with Crippen LogP contribution in [0.3, 0.4) is 0 Å². The second-order valence-electron chi connectivity index (χ2n) is 7.92. The second-order valence-corrected chi connectivity index (χ2v) is 7.92. The highest BCUT2D eigenvalue weighted by Gasteiger charge is 2.30. The van der Waals surface area contributed by atoms with Crippen LogP contribution in [0.2, 0.25) is 0 Å². The molecule has 1 saturated heterocycles. The third-order valence-corrected chi connectivity index (χ3v) is 5.57. The van der Waals surface area contributed by atoms with E-state index < -0.39 is 0 Å². The molecule has 2 aliphatic carbocycles. The Morgan fingerprint density at radius 3 is 2.62 bits per heavy atom. The van der Waals surface area contributed by atoms with Crippen LogP contribution in [0.15, 0.2) is 29.3 Å². The first-order valence-electron chi connectivity index (χ1n) is 9.64. The summed E-state index contributed by atoms with van der Waals surface area (Å²) in [5, 5.41) is 12.0. The molecule has 7 nitrogen and oxygen atoms in total. The molecule has 2 saturated carbocycles. The lowest BCUT2D eigenvalue weighted by atomic mass is 10.0. The van der Waals surface area contributed by atoms with Crippen molar-refractivity contribution in [3.8, 4) is 0 Å². The van der Waals surface area contributed by atoms with Crippen molar-refractivity contribution in [2.75, 3.05) is 29.9 Å². The molecule has 1 N–H and O–H groups in total. The summed E-state index contributed by atoms with van der Waals surface area (Å²) in [5.74, 6) is 3.25. The Kier molecular flexibility index (Phi) is 3.87.